The molecule has 16 heavy (non-hydrogen) atoms. The SMILES string of the molecule is Fc1ccc2c(c1)C(c1ncc[nH]1)CCO2. The van der Waals surface area contributed by atoms with Crippen molar-refractivity contribution in [1.82, 2.24) is 9.97 Å². The van der Waals surface area contributed by atoms with Crippen LogP contribution in [0.1, 0.15) is 23.7 Å². The predicted molar refractivity (Wildman–Crippen MR) is 56.9 cm³/mol. The van der Waals surface area contributed by atoms with Crippen molar-refractivity contribution in [2.45, 2.75) is 12.3 Å². The van der Waals surface area contributed by atoms with Crippen LogP contribution >= 0.6 is 0 Å². The average molecular weight is 218 g/mol. The van der Waals surface area contributed by atoms with Gasteiger partial charge >= 0.3 is 0 Å². The van der Waals surface area contributed by atoms with Gasteiger partial charge in [0, 0.05) is 23.9 Å². The number of aromatic nitrogens is 2. The summed E-state index contributed by atoms with van der Waals surface area (Å²) in [5.74, 6) is 1.50. The monoisotopic (exact) mass is 218 g/mol. The van der Waals surface area contributed by atoms with E-state index in [0.29, 0.717) is 6.61 Å². The molecule has 1 aliphatic heterocycles. The minimum absolute atomic E-state index is 0.106. The molecule has 3 nitrogen and oxygen atoms in total. The summed E-state index contributed by atoms with van der Waals surface area (Å²) in [7, 11) is 0. The van der Waals surface area contributed by atoms with Crippen LogP contribution in [0.25, 0.3) is 0 Å². The molecule has 4 heteroatoms. The summed E-state index contributed by atoms with van der Waals surface area (Å²) < 4.78 is 18.7. The molecule has 1 atom stereocenters. The van der Waals surface area contributed by atoms with Gasteiger partial charge < -0.3 is 9.72 Å². The summed E-state index contributed by atoms with van der Waals surface area (Å²) in [5.41, 5.74) is 0.876. The zero-order valence-electron chi connectivity index (χ0n) is 8.61. The molecule has 1 aromatic carbocycles. The largest absolute Gasteiger partial charge is 0.493 e. The van der Waals surface area contributed by atoms with Gasteiger partial charge in [-0.15, -0.1) is 0 Å². The van der Waals surface area contributed by atoms with E-state index in [0.717, 1.165) is 23.6 Å². The minimum atomic E-state index is -0.235. The molecule has 0 saturated heterocycles. The highest BCUT2D eigenvalue weighted by Gasteiger charge is 2.25. The van der Waals surface area contributed by atoms with Crippen molar-refractivity contribution >= 4 is 0 Å². The number of benzene rings is 1. The number of hydrogen-bond donors (Lipinski definition) is 1. The Labute approximate surface area is 92.3 Å². The molecule has 2 aromatic rings. The van der Waals surface area contributed by atoms with Crippen molar-refractivity contribution in [2.75, 3.05) is 6.61 Å². The van der Waals surface area contributed by atoms with Crippen LogP contribution in [-0.2, 0) is 0 Å². The van der Waals surface area contributed by atoms with Crippen molar-refractivity contribution in [1.29, 1.82) is 0 Å². The Morgan fingerprint density at radius 3 is 3.19 bits per heavy atom. The summed E-state index contributed by atoms with van der Waals surface area (Å²) in [6, 6.07) is 4.63. The molecule has 1 N–H and O–H groups in total. The fraction of sp³-hybridized carbons (Fsp3) is 0.250. The van der Waals surface area contributed by atoms with Crippen LogP contribution in [0.2, 0.25) is 0 Å². The van der Waals surface area contributed by atoms with Gasteiger partial charge in [-0.3, -0.25) is 0 Å². The lowest BCUT2D eigenvalue weighted by Gasteiger charge is -2.24. The lowest BCUT2D eigenvalue weighted by atomic mass is 9.92. The first kappa shape index (κ1) is 9.39. The Balaban J connectivity index is 2.08. The summed E-state index contributed by atoms with van der Waals surface area (Å²) in [6.07, 6.45) is 4.32. The van der Waals surface area contributed by atoms with Crippen molar-refractivity contribution < 1.29 is 9.13 Å². The first-order valence-corrected chi connectivity index (χ1v) is 5.26. The van der Waals surface area contributed by atoms with Crippen LogP contribution in [0.4, 0.5) is 4.39 Å². The van der Waals surface area contributed by atoms with Crippen molar-refractivity contribution in [3.8, 4) is 5.75 Å². The summed E-state index contributed by atoms with van der Waals surface area (Å²) in [4.78, 5) is 7.31. The third kappa shape index (κ3) is 1.46. The topological polar surface area (TPSA) is 37.9 Å². The molecule has 0 radical (unpaired) electrons. The molecule has 0 saturated carbocycles. The standard InChI is InChI=1S/C12H11FN2O/c13-8-1-2-11-10(7-8)9(3-6-16-11)12-14-4-5-15-12/h1-2,4-5,7,9H,3,6H2,(H,14,15). The molecule has 0 amide bonds. The number of fused-ring (bicyclic) bond motifs is 1. The maximum absolute atomic E-state index is 13.2. The van der Waals surface area contributed by atoms with Crippen molar-refractivity contribution in [2.24, 2.45) is 0 Å². The zero-order chi connectivity index (χ0) is 11.0. The second-order valence-electron chi connectivity index (χ2n) is 3.85. The number of ether oxygens (including phenoxy) is 1. The number of H-pyrrole nitrogens is 1. The summed E-state index contributed by atoms with van der Waals surface area (Å²) in [6.45, 7) is 0.643. The van der Waals surface area contributed by atoms with E-state index in [1.807, 2.05) is 0 Å². The third-order valence-corrected chi connectivity index (χ3v) is 2.86. The van der Waals surface area contributed by atoms with Crippen LogP contribution in [-0.4, -0.2) is 16.6 Å². The van der Waals surface area contributed by atoms with Gasteiger partial charge in [0.05, 0.1) is 6.61 Å². The van der Waals surface area contributed by atoms with Crippen LogP contribution in [0.3, 0.4) is 0 Å². The van der Waals surface area contributed by atoms with Gasteiger partial charge in [-0.2, -0.15) is 0 Å². The predicted octanol–water partition coefficient (Wildman–Crippen LogP) is 2.46. The van der Waals surface area contributed by atoms with Gasteiger partial charge in [-0.05, 0) is 24.6 Å². The Bertz CT molecular complexity index is 496. The van der Waals surface area contributed by atoms with E-state index in [4.69, 9.17) is 4.74 Å². The number of hydrogen-bond acceptors (Lipinski definition) is 2. The molecule has 0 aliphatic carbocycles. The molecule has 2 heterocycles. The van der Waals surface area contributed by atoms with Gasteiger partial charge in [0.1, 0.15) is 17.4 Å². The molecule has 0 fully saturated rings. The lowest BCUT2D eigenvalue weighted by molar-refractivity contribution is 0.274. The van der Waals surface area contributed by atoms with Crippen LogP contribution in [0, 0.1) is 5.82 Å². The smallest absolute Gasteiger partial charge is 0.123 e. The third-order valence-electron chi connectivity index (χ3n) is 2.86. The second-order valence-corrected chi connectivity index (χ2v) is 3.85. The summed E-state index contributed by atoms with van der Waals surface area (Å²) in [5, 5.41) is 0. The molecule has 0 spiro atoms. The van der Waals surface area contributed by atoms with Gasteiger partial charge in [0.15, 0.2) is 0 Å². The number of rotatable bonds is 1. The van der Waals surface area contributed by atoms with Gasteiger partial charge in [-0.1, -0.05) is 0 Å². The van der Waals surface area contributed by atoms with E-state index < -0.39 is 0 Å². The lowest BCUT2D eigenvalue weighted by Crippen LogP contribution is -2.16. The Kier molecular flexibility index (Phi) is 2.13. The van der Waals surface area contributed by atoms with E-state index in [9.17, 15) is 4.39 Å². The van der Waals surface area contributed by atoms with Gasteiger partial charge in [0.2, 0.25) is 0 Å². The van der Waals surface area contributed by atoms with Crippen LogP contribution in [0.15, 0.2) is 30.6 Å². The second kappa shape index (κ2) is 3.63. The van der Waals surface area contributed by atoms with Crippen LogP contribution < -0.4 is 4.74 Å². The first-order valence-electron chi connectivity index (χ1n) is 5.26. The number of aromatic amines is 1. The van der Waals surface area contributed by atoms with Crippen molar-refractivity contribution in [3.63, 3.8) is 0 Å². The fourth-order valence-corrected chi connectivity index (χ4v) is 2.12. The number of imidazole rings is 1. The normalized spacial score (nSPS) is 18.9. The average Bonchev–Trinajstić information content (AvgIpc) is 2.81. The zero-order valence-corrected chi connectivity index (χ0v) is 8.61. The molecule has 82 valence electrons. The Hall–Kier alpha value is -1.84. The maximum atomic E-state index is 13.2. The highest BCUT2D eigenvalue weighted by molar-refractivity contribution is 5.41. The molecular weight excluding hydrogens is 207 g/mol. The van der Waals surface area contributed by atoms with Crippen molar-refractivity contribution in [3.05, 3.63) is 47.8 Å². The van der Waals surface area contributed by atoms with Gasteiger partial charge in [-0.25, -0.2) is 9.37 Å². The highest BCUT2D eigenvalue weighted by atomic mass is 19.1. The highest BCUT2D eigenvalue weighted by Crippen LogP contribution is 2.36. The molecule has 1 unspecified atom stereocenters. The van der Waals surface area contributed by atoms with E-state index in [2.05, 4.69) is 9.97 Å². The molecule has 1 aromatic heterocycles. The number of nitrogens with zero attached hydrogens (tertiary/aromatic N) is 1. The van der Waals surface area contributed by atoms with E-state index >= 15 is 0 Å². The summed E-state index contributed by atoms with van der Waals surface area (Å²) >= 11 is 0. The number of nitrogens with one attached hydrogen (secondary N) is 1. The van der Waals surface area contributed by atoms with E-state index in [1.165, 1.54) is 12.1 Å². The fourth-order valence-electron chi connectivity index (χ4n) is 2.12. The molecule has 1 aliphatic rings. The number of halogens is 1. The maximum Gasteiger partial charge on any atom is 0.123 e. The Morgan fingerprint density at radius 2 is 2.38 bits per heavy atom. The quantitative estimate of drug-likeness (QED) is 0.798. The van der Waals surface area contributed by atoms with E-state index in [1.54, 1.807) is 18.5 Å². The Morgan fingerprint density at radius 1 is 1.44 bits per heavy atom. The molecule has 3 rings (SSSR count). The van der Waals surface area contributed by atoms with Gasteiger partial charge in [0.25, 0.3) is 0 Å². The van der Waals surface area contributed by atoms with E-state index in [-0.39, 0.29) is 11.7 Å². The molecule has 0 bridgehead atoms. The minimum Gasteiger partial charge on any atom is -0.493 e. The first-order chi connectivity index (χ1) is 7.84. The molecular formula is C12H11FN2O. The van der Waals surface area contributed by atoms with Crippen LogP contribution in [0.5, 0.6) is 5.75 Å².